The summed E-state index contributed by atoms with van der Waals surface area (Å²) < 4.78 is 72.3. The molecule has 8 heteroatoms. The van der Waals surface area contributed by atoms with Crippen molar-refractivity contribution in [2.24, 2.45) is 0 Å². The molecule has 2 aromatic rings. The molecule has 0 aliphatic heterocycles. The number of hydrogen-bond acceptors (Lipinski definition) is 4. The molecule has 0 aliphatic carbocycles. The normalized spacial score (nSPS) is 11.8. The molecule has 0 atom stereocenters. The van der Waals surface area contributed by atoms with Gasteiger partial charge in [0.05, 0.1) is 12.7 Å². The quantitative estimate of drug-likeness (QED) is 0.563. The molecule has 0 saturated carbocycles. The Kier molecular flexibility index (Phi) is 5.42. The van der Waals surface area contributed by atoms with E-state index in [0.29, 0.717) is 18.6 Å². The Morgan fingerprint density at radius 1 is 1.08 bits per heavy atom. The molecule has 0 unspecified atom stereocenters. The van der Waals surface area contributed by atoms with Crippen LogP contribution < -0.4 is 8.92 Å². The van der Waals surface area contributed by atoms with Gasteiger partial charge in [-0.25, -0.2) is 0 Å². The van der Waals surface area contributed by atoms with E-state index in [1.807, 2.05) is 0 Å². The van der Waals surface area contributed by atoms with Crippen molar-refractivity contribution in [3.8, 4) is 11.5 Å². The van der Waals surface area contributed by atoms with E-state index >= 15 is 0 Å². The molecule has 2 aromatic carbocycles. The summed E-state index contributed by atoms with van der Waals surface area (Å²) >= 11 is 0. The fourth-order valence-electron chi connectivity index (χ4n) is 2.05. The summed E-state index contributed by atoms with van der Waals surface area (Å²) in [5.41, 5.74) is -0.107. The van der Waals surface area contributed by atoms with E-state index in [2.05, 4.69) is 6.58 Å². The lowest BCUT2D eigenvalue weighted by Gasteiger charge is -2.12. The largest absolute Gasteiger partial charge is 0.493 e. The van der Waals surface area contributed by atoms with Gasteiger partial charge in [-0.1, -0.05) is 12.1 Å². The standard InChI is InChI=1S/C17H15F3O4S/c1-3-4-12-5-10-15(16(11-12)23-2)24-25(21,22)14-8-6-13(7-9-14)17(18,19)20/h3,5-11H,1,4H2,2H3. The summed E-state index contributed by atoms with van der Waals surface area (Å²) in [6, 6.07) is 7.70. The van der Waals surface area contributed by atoms with Crippen molar-refractivity contribution in [2.45, 2.75) is 17.5 Å². The highest BCUT2D eigenvalue weighted by molar-refractivity contribution is 7.87. The third-order valence-electron chi connectivity index (χ3n) is 3.28. The highest BCUT2D eigenvalue weighted by Gasteiger charge is 2.31. The minimum atomic E-state index is -4.55. The first-order valence-electron chi connectivity index (χ1n) is 7.07. The molecule has 0 aromatic heterocycles. The van der Waals surface area contributed by atoms with Crippen LogP contribution in [-0.2, 0) is 22.7 Å². The molecule has 0 fully saturated rings. The Bertz CT molecular complexity index is 856. The molecule has 0 radical (unpaired) electrons. The lowest BCUT2D eigenvalue weighted by Crippen LogP contribution is -2.11. The van der Waals surface area contributed by atoms with Gasteiger partial charge in [0.2, 0.25) is 0 Å². The first kappa shape index (κ1) is 18.9. The van der Waals surface area contributed by atoms with Crippen molar-refractivity contribution in [1.29, 1.82) is 0 Å². The van der Waals surface area contributed by atoms with Crippen molar-refractivity contribution < 1.29 is 30.5 Å². The van der Waals surface area contributed by atoms with Gasteiger partial charge in [-0.3, -0.25) is 0 Å². The van der Waals surface area contributed by atoms with Crippen LogP contribution >= 0.6 is 0 Å². The van der Waals surface area contributed by atoms with Crippen LogP contribution in [0.1, 0.15) is 11.1 Å². The van der Waals surface area contributed by atoms with Crippen molar-refractivity contribution in [3.63, 3.8) is 0 Å². The second kappa shape index (κ2) is 7.18. The van der Waals surface area contributed by atoms with E-state index in [1.54, 1.807) is 18.2 Å². The van der Waals surface area contributed by atoms with Crippen LogP contribution in [0.2, 0.25) is 0 Å². The second-order valence-electron chi connectivity index (χ2n) is 5.04. The molecule has 2 rings (SSSR count). The molecule has 0 spiro atoms. The maximum absolute atomic E-state index is 12.6. The average molecular weight is 372 g/mol. The van der Waals surface area contributed by atoms with Crippen LogP contribution in [0.5, 0.6) is 11.5 Å². The van der Waals surface area contributed by atoms with Crippen LogP contribution in [0.3, 0.4) is 0 Å². The van der Waals surface area contributed by atoms with Crippen LogP contribution in [0, 0.1) is 0 Å². The zero-order valence-electron chi connectivity index (χ0n) is 13.2. The van der Waals surface area contributed by atoms with Gasteiger partial charge in [0, 0.05) is 0 Å². The minimum Gasteiger partial charge on any atom is -0.493 e. The smallest absolute Gasteiger partial charge is 0.416 e. The van der Waals surface area contributed by atoms with E-state index in [9.17, 15) is 21.6 Å². The lowest BCUT2D eigenvalue weighted by molar-refractivity contribution is -0.137. The third kappa shape index (κ3) is 4.54. The van der Waals surface area contributed by atoms with E-state index in [0.717, 1.165) is 17.7 Å². The molecule has 4 nitrogen and oxygen atoms in total. The zero-order chi connectivity index (χ0) is 18.7. The number of halogens is 3. The van der Waals surface area contributed by atoms with Crippen LogP contribution in [0.15, 0.2) is 60.0 Å². The Morgan fingerprint density at radius 3 is 2.24 bits per heavy atom. The molecular formula is C17H15F3O4S. The van der Waals surface area contributed by atoms with Gasteiger partial charge < -0.3 is 8.92 Å². The van der Waals surface area contributed by atoms with Gasteiger partial charge in [0.1, 0.15) is 4.90 Å². The fraction of sp³-hybridized carbons (Fsp3) is 0.176. The van der Waals surface area contributed by atoms with E-state index in [-0.39, 0.29) is 11.5 Å². The Balaban J connectivity index is 2.31. The Morgan fingerprint density at radius 2 is 1.72 bits per heavy atom. The molecule has 0 bridgehead atoms. The fourth-order valence-corrected chi connectivity index (χ4v) is 2.99. The Hall–Kier alpha value is -2.48. The number of benzene rings is 2. The summed E-state index contributed by atoms with van der Waals surface area (Å²) in [5, 5.41) is 0. The SMILES string of the molecule is C=CCc1ccc(OS(=O)(=O)c2ccc(C(F)(F)F)cc2)c(OC)c1. The van der Waals surface area contributed by atoms with Crippen LogP contribution in [0.25, 0.3) is 0 Å². The third-order valence-corrected chi connectivity index (χ3v) is 4.53. The zero-order valence-corrected chi connectivity index (χ0v) is 14.0. The average Bonchev–Trinajstić information content (AvgIpc) is 2.55. The monoisotopic (exact) mass is 372 g/mol. The number of allylic oxidation sites excluding steroid dienone is 1. The molecule has 134 valence electrons. The predicted molar refractivity (Wildman–Crippen MR) is 86.2 cm³/mol. The second-order valence-corrected chi connectivity index (χ2v) is 6.58. The van der Waals surface area contributed by atoms with Crippen molar-refractivity contribution in [3.05, 3.63) is 66.2 Å². The van der Waals surface area contributed by atoms with Gasteiger partial charge in [0.15, 0.2) is 11.5 Å². The number of rotatable bonds is 6. The van der Waals surface area contributed by atoms with Gasteiger partial charge >= 0.3 is 16.3 Å². The highest BCUT2D eigenvalue weighted by atomic mass is 32.2. The lowest BCUT2D eigenvalue weighted by atomic mass is 10.1. The maximum Gasteiger partial charge on any atom is 0.416 e. The van der Waals surface area contributed by atoms with Crippen molar-refractivity contribution in [1.82, 2.24) is 0 Å². The molecule has 25 heavy (non-hydrogen) atoms. The van der Waals surface area contributed by atoms with E-state index in [1.165, 1.54) is 13.2 Å². The molecule has 0 aliphatic rings. The summed E-state index contributed by atoms with van der Waals surface area (Å²) in [7, 11) is -2.95. The topological polar surface area (TPSA) is 52.6 Å². The van der Waals surface area contributed by atoms with Gasteiger partial charge in [-0.2, -0.15) is 21.6 Å². The van der Waals surface area contributed by atoms with E-state index < -0.39 is 26.8 Å². The number of ether oxygens (including phenoxy) is 1. The van der Waals surface area contributed by atoms with Crippen molar-refractivity contribution >= 4 is 10.1 Å². The molecule has 0 amide bonds. The summed E-state index contributed by atoms with van der Waals surface area (Å²) in [6.07, 6.45) is -2.32. The highest BCUT2D eigenvalue weighted by Crippen LogP contribution is 2.33. The van der Waals surface area contributed by atoms with Gasteiger partial charge in [-0.05, 0) is 48.4 Å². The van der Waals surface area contributed by atoms with Crippen LogP contribution in [-0.4, -0.2) is 15.5 Å². The summed E-state index contributed by atoms with van der Waals surface area (Å²) in [5.74, 6) is 0.130. The minimum absolute atomic E-state index is 0.0600. The predicted octanol–water partition coefficient (Wildman–Crippen LogP) is 4.21. The van der Waals surface area contributed by atoms with Gasteiger partial charge in [0.25, 0.3) is 0 Å². The number of methoxy groups -OCH3 is 1. The summed E-state index contributed by atoms with van der Waals surface area (Å²) in [4.78, 5) is -0.391. The van der Waals surface area contributed by atoms with Crippen molar-refractivity contribution in [2.75, 3.05) is 7.11 Å². The Labute approximate surface area is 143 Å². The first-order chi connectivity index (χ1) is 11.7. The number of hydrogen-bond donors (Lipinski definition) is 0. The summed E-state index contributed by atoms with van der Waals surface area (Å²) in [6.45, 7) is 3.61. The van der Waals surface area contributed by atoms with Crippen LogP contribution in [0.4, 0.5) is 13.2 Å². The molecular weight excluding hydrogens is 357 g/mol. The van der Waals surface area contributed by atoms with E-state index in [4.69, 9.17) is 8.92 Å². The number of alkyl halides is 3. The molecule has 0 N–H and O–H groups in total. The maximum atomic E-state index is 12.6. The van der Waals surface area contributed by atoms with Gasteiger partial charge in [-0.15, -0.1) is 6.58 Å². The first-order valence-corrected chi connectivity index (χ1v) is 8.48. The molecule has 0 heterocycles. The molecule has 0 saturated heterocycles.